The molecule has 1 rings (SSSR count). The molecule has 78 valence electrons. The number of aromatic carboxylic acids is 1. The molecule has 0 fully saturated rings. The molecule has 1 aromatic rings. The van der Waals surface area contributed by atoms with Crippen molar-refractivity contribution in [3.63, 3.8) is 0 Å². The summed E-state index contributed by atoms with van der Waals surface area (Å²) in [4.78, 5) is 14.6. The van der Waals surface area contributed by atoms with Gasteiger partial charge in [-0.2, -0.15) is 11.8 Å². The second kappa shape index (κ2) is 5.36. The van der Waals surface area contributed by atoms with Crippen LogP contribution < -0.4 is 0 Å². The first kappa shape index (κ1) is 11.5. The average molecular weight is 231 g/mol. The molecular weight excluding hydrogens is 218 g/mol. The Kier molecular flexibility index (Phi) is 4.41. The molecule has 0 saturated heterocycles. The lowest BCUT2D eigenvalue weighted by atomic mass is 10.4. The topological polar surface area (TPSA) is 50.2 Å². The van der Waals surface area contributed by atoms with Gasteiger partial charge in [0.1, 0.15) is 0 Å². The van der Waals surface area contributed by atoms with Crippen molar-refractivity contribution in [2.24, 2.45) is 0 Å². The monoisotopic (exact) mass is 231 g/mol. The fraction of sp³-hybridized carbons (Fsp3) is 0.556. The van der Waals surface area contributed by atoms with Gasteiger partial charge in [0.25, 0.3) is 0 Å². The molecule has 0 radical (unpaired) electrons. The molecule has 1 heterocycles. The summed E-state index contributed by atoms with van der Waals surface area (Å²) in [5.74, 6) is -0.131. The number of carboxylic acid groups (broad SMARTS) is 1. The summed E-state index contributed by atoms with van der Waals surface area (Å²) in [6.07, 6.45) is 1.13. The molecule has 0 aliphatic heterocycles. The number of hydrogen-bond donors (Lipinski definition) is 1. The lowest BCUT2D eigenvalue weighted by molar-refractivity contribution is 0.0696. The van der Waals surface area contributed by atoms with Gasteiger partial charge >= 0.3 is 5.97 Å². The van der Waals surface area contributed by atoms with E-state index in [4.69, 9.17) is 5.11 Å². The molecule has 0 aliphatic carbocycles. The van der Waals surface area contributed by atoms with Gasteiger partial charge in [0.05, 0.1) is 5.69 Å². The lowest BCUT2D eigenvalue weighted by Crippen LogP contribution is -1.97. The molecule has 1 unspecified atom stereocenters. The number of nitrogens with zero attached hydrogens (tertiary/aromatic N) is 1. The average Bonchev–Trinajstić information content (AvgIpc) is 2.62. The van der Waals surface area contributed by atoms with Gasteiger partial charge in [0, 0.05) is 16.4 Å². The van der Waals surface area contributed by atoms with Gasteiger partial charge in [-0.25, -0.2) is 9.78 Å². The standard InChI is InChI=1S/C9H13NO2S2/c1-3-6(2)13-4-7-5-14-8(10-7)9(11)12/h5-6H,3-4H2,1-2H3,(H,11,12). The Bertz CT molecular complexity index is 312. The molecule has 1 atom stereocenters. The van der Waals surface area contributed by atoms with E-state index in [1.54, 1.807) is 11.8 Å². The third-order valence-corrected chi connectivity index (χ3v) is 4.07. The Morgan fingerprint density at radius 2 is 2.50 bits per heavy atom. The van der Waals surface area contributed by atoms with Crippen LogP contribution in [0.4, 0.5) is 0 Å². The van der Waals surface area contributed by atoms with Crippen molar-refractivity contribution in [2.75, 3.05) is 0 Å². The normalized spacial score (nSPS) is 12.7. The van der Waals surface area contributed by atoms with E-state index in [-0.39, 0.29) is 5.01 Å². The Morgan fingerprint density at radius 1 is 1.79 bits per heavy atom. The van der Waals surface area contributed by atoms with Gasteiger partial charge in [0.15, 0.2) is 0 Å². The van der Waals surface area contributed by atoms with Crippen molar-refractivity contribution < 1.29 is 9.90 Å². The summed E-state index contributed by atoms with van der Waals surface area (Å²) in [6.45, 7) is 4.30. The quantitative estimate of drug-likeness (QED) is 0.846. The van der Waals surface area contributed by atoms with Crippen LogP contribution in [0, 0.1) is 0 Å². The molecule has 0 aliphatic rings. The third kappa shape index (κ3) is 3.31. The number of hydrogen-bond acceptors (Lipinski definition) is 4. The molecule has 3 nitrogen and oxygen atoms in total. The Labute approximate surface area is 91.6 Å². The SMILES string of the molecule is CCC(C)SCc1csc(C(=O)O)n1. The molecule has 1 aromatic heterocycles. The zero-order chi connectivity index (χ0) is 10.6. The predicted octanol–water partition coefficient (Wildman–Crippen LogP) is 2.87. The number of carboxylic acids is 1. The Hall–Kier alpha value is -0.550. The number of thioether (sulfide) groups is 1. The van der Waals surface area contributed by atoms with Gasteiger partial charge in [-0.05, 0) is 6.42 Å². The lowest BCUT2D eigenvalue weighted by Gasteiger charge is -2.05. The largest absolute Gasteiger partial charge is 0.476 e. The number of thiazole rings is 1. The van der Waals surface area contributed by atoms with E-state index < -0.39 is 5.97 Å². The van der Waals surface area contributed by atoms with E-state index in [1.165, 1.54) is 11.3 Å². The zero-order valence-electron chi connectivity index (χ0n) is 8.19. The molecular formula is C9H13NO2S2. The van der Waals surface area contributed by atoms with Crippen LogP contribution in [0.1, 0.15) is 35.8 Å². The highest BCUT2D eigenvalue weighted by molar-refractivity contribution is 7.99. The zero-order valence-corrected chi connectivity index (χ0v) is 9.82. The number of carbonyl (C=O) groups is 1. The predicted molar refractivity (Wildman–Crippen MR) is 60.1 cm³/mol. The molecule has 0 saturated carbocycles. The van der Waals surface area contributed by atoms with Crippen molar-refractivity contribution in [2.45, 2.75) is 31.3 Å². The van der Waals surface area contributed by atoms with Gasteiger partial charge in [-0.1, -0.05) is 13.8 Å². The van der Waals surface area contributed by atoms with E-state index >= 15 is 0 Å². The second-order valence-electron chi connectivity index (χ2n) is 2.98. The minimum atomic E-state index is -0.935. The maximum atomic E-state index is 10.5. The van der Waals surface area contributed by atoms with Crippen molar-refractivity contribution >= 4 is 29.1 Å². The van der Waals surface area contributed by atoms with Gasteiger partial charge in [-0.15, -0.1) is 11.3 Å². The summed E-state index contributed by atoms with van der Waals surface area (Å²) in [5, 5.41) is 11.3. The van der Waals surface area contributed by atoms with Crippen LogP contribution in [0.3, 0.4) is 0 Å². The summed E-state index contributed by atoms with van der Waals surface area (Å²) in [5.41, 5.74) is 0.873. The van der Waals surface area contributed by atoms with E-state index in [1.807, 2.05) is 5.38 Å². The van der Waals surface area contributed by atoms with Crippen LogP contribution in [0.2, 0.25) is 0 Å². The van der Waals surface area contributed by atoms with Crippen LogP contribution in [0.25, 0.3) is 0 Å². The smallest absolute Gasteiger partial charge is 0.365 e. The fourth-order valence-corrected chi connectivity index (χ4v) is 2.42. The van der Waals surface area contributed by atoms with Gasteiger partial charge in [-0.3, -0.25) is 0 Å². The molecule has 0 bridgehead atoms. The summed E-state index contributed by atoms with van der Waals surface area (Å²) < 4.78 is 0. The molecule has 14 heavy (non-hydrogen) atoms. The highest BCUT2D eigenvalue weighted by Gasteiger charge is 2.09. The molecule has 0 spiro atoms. The van der Waals surface area contributed by atoms with Gasteiger partial charge in [0.2, 0.25) is 5.01 Å². The maximum Gasteiger partial charge on any atom is 0.365 e. The van der Waals surface area contributed by atoms with Crippen LogP contribution in [-0.4, -0.2) is 21.3 Å². The summed E-state index contributed by atoms with van der Waals surface area (Å²) in [6, 6.07) is 0. The van der Waals surface area contributed by atoms with Crippen molar-refractivity contribution in [3.8, 4) is 0 Å². The summed E-state index contributed by atoms with van der Waals surface area (Å²) >= 11 is 3.00. The number of aromatic nitrogens is 1. The van der Waals surface area contributed by atoms with Crippen LogP contribution in [0.15, 0.2) is 5.38 Å². The second-order valence-corrected chi connectivity index (χ2v) is 5.26. The molecule has 0 aromatic carbocycles. The fourth-order valence-electron chi connectivity index (χ4n) is 0.817. The minimum absolute atomic E-state index is 0.185. The third-order valence-electron chi connectivity index (χ3n) is 1.83. The van der Waals surface area contributed by atoms with Crippen LogP contribution in [0.5, 0.6) is 0 Å². The van der Waals surface area contributed by atoms with Crippen molar-refractivity contribution in [1.82, 2.24) is 4.98 Å². The maximum absolute atomic E-state index is 10.5. The van der Waals surface area contributed by atoms with Crippen LogP contribution >= 0.6 is 23.1 Å². The van der Waals surface area contributed by atoms with E-state index in [2.05, 4.69) is 18.8 Å². The Morgan fingerprint density at radius 3 is 3.00 bits per heavy atom. The molecule has 0 amide bonds. The summed E-state index contributed by atoms with van der Waals surface area (Å²) in [7, 11) is 0. The minimum Gasteiger partial charge on any atom is -0.476 e. The van der Waals surface area contributed by atoms with Crippen LogP contribution in [-0.2, 0) is 5.75 Å². The highest BCUT2D eigenvalue weighted by atomic mass is 32.2. The van der Waals surface area contributed by atoms with Crippen molar-refractivity contribution in [3.05, 3.63) is 16.1 Å². The first-order valence-corrected chi connectivity index (χ1v) is 6.35. The van der Waals surface area contributed by atoms with E-state index in [0.29, 0.717) is 5.25 Å². The number of rotatable bonds is 5. The van der Waals surface area contributed by atoms with E-state index in [0.717, 1.165) is 17.9 Å². The van der Waals surface area contributed by atoms with E-state index in [9.17, 15) is 4.79 Å². The highest BCUT2D eigenvalue weighted by Crippen LogP contribution is 2.20. The Balaban J connectivity index is 2.48. The first-order chi connectivity index (χ1) is 6.63. The van der Waals surface area contributed by atoms with Gasteiger partial charge < -0.3 is 5.11 Å². The van der Waals surface area contributed by atoms with Crippen molar-refractivity contribution in [1.29, 1.82) is 0 Å². The first-order valence-electron chi connectivity index (χ1n) is 4.42. The molecule has 5 heteroatoms. The molecule has 1 N–H and O–H groups in total.